The van der Waals surface area contributed by atoms with E-state index in [9.17, 15) is 14.0 Å². The molecule has 7 nitrogen and oxygen atoms in total. The van der Waals surface area contributed by atoms with Crippen LogP contribution in [0.15, 0.2) is 51.2 Å². The zero-order valence-electron chi connectivity index (χ0n) is 16.3. The van der Waals surface area contributed by atoms with E-state index in [1.807, 2.05) is 16.9 Å². The van der Waals surface area contributed by atoms with Gasteiger partial charge in [0.1, 0.15) is 11.6 Å². The molecule has 0 N–H and O–H groups in total. The lowest BCUT2D eigenvalue weighted by molar-refractivity contribution is 0.0281. The number of hydrogen-bond acceptors (Lipinski definition) is 5. The highest BCUT2D eigenvalue weighted by Gasteiger charge is 2.21. The molecule has 1 aromatic carbocycles. The van der Waals surface area contributed by atoms with E-state index in [2.05, 4.69) is 4.99 Å². The molecule has 0 saturated carbocycles. The highest BCUT2D eigenvalue weighted by atomic mass is 32.1. The molecule has 0 aliphatic carbocycles. The van der Waals surface area contributed by atoms with Crippen molar-refractivity contribution in [2.24, 2.45) is 4.99 Å². The van der Waals surface area contributed by atoms with Crippen LogP contribution in [0, 0.1) is 12.7 Å². The summed E-state index contributed by atoms with van der Waals surface area (Å²) < 4.78 is 26.0. The zero-order valence-corrected chi connectivity index (χ0v) is 17.2. The maximum absolute atomic E-state index is 13.1. The lowest BCUT2D eigenvalue weighted by Crippen LogP contribution is -2.40. The van der Waals surface area contributed by atoms with Crippen molar-refractivity contribution in [3.8, 4) is 0 Å². The van der Waals surface area contributed by atoms with E-state index in [4.69, 9.17) is 9.15 Å². The smallest absolute Gasteiger partial charge is 0.289 e. The first kappa shape index (κ1) is 20.2. The van der Waals surface area contributed by atoms with Gasteiger partial charge in [-0.25, -0.2) is 4.39 Å². The van der Waals surface area contributed by atoms with Gasteiger partial charge in [0.2, 0.25) is 0 Å². The number of carbonyl (C=O) groups is 2. The van der Waals surface area contributed by atoms with E-state index >= 15 is 0 Å². The Morgan fingerprint density at radius 2 is 1.87 bits per heavy atom. The fourth-order valence-corrected chi connectivity index (χ4v) is 3.97. The van der Waals surface area contributed by atoms with Crippen molar-refractivity contribution < 1.29 is 23.1 Å². The minimum atomic E-state index is -0.451. The predicted octanol–water partition coefficient (Wildman–Crippen LogP) is 2.85. The van der Waals surface area contributed by atoms with Gasteiger partial charge in [0.15, 0.2) is 10.6 Å². The number of aryl methyl sites for hydroxylation is 1. The van der Waals surface area contributed by atoms with Crippen molar-refractivity contribution in [3.63, 3.8) is 0 Å². The Hall–Kier alpha value is -3.04. The van der Waals surface area contributed by atoms with Gasteiger partial charge in [-0.1, -0.05) is 0 Å². The zero-order chi connectivity index (χ0) is 21.1. The second-order valence-corrected chi connectivity index (χ2v) is 7.68. The van der Waals surface area contributed by atoms with Gasteiger partial charge in [0.05, 0.1) is 19.8 Å². The normalized spacial score (nSPS) is 14.9. The van der Waals surface area contributed by atoms with Crippen LogP contribution in [0.4, 0.5) is 4.39 Å². The van der Waals surface area contributed by atoms with E-state index in [0.29, 0.717) is 49.0 Å². The monoisotopic (exact) mass is 429 g/mol. The van der Waals surface area contributed by atoms with Gasteiger partial charge in [-0.2, -0.15) is 4.99 Å². The molecule has 0 unspecified atom stereocenters. The van der Waals surface area contributed by atoms with Crippen molar-refractivity contribution in [1.29, 1.82) is 0 Å². The summed E-state index contributed by atoms with van der Waals surface area (Å²) in [4.78, 5) is 31.4. The van der Waals surface area contributed by atoms with Crippen LogP contribution in [-0.4, -0.2) is 47.6 Å². The molecule has 2 amide bonds. The second kappa shape index (κ2) is 8.76. The molecule has 3 heterocycles. The van der Waals surface area contributed by atoms with Gasteiger partial charge < -0.3 is 18.6 Å². The first-order valence-electron chi connectivity index (χ1n) is 9.46. The summed E-state index contributed by atoms with van der Waals surface area (Å²) in [5.74, 6) is -0.153. The molecule has 0 bridgehead atoms. The molecular formula is C21H20FN3O4S. The van der Waals surface area contributed by atoms with E-state index < -0.39 is 11.7 Å². The van der Waals surface area contributed by atoms with Crippen LogP contribution in [0.1, 0.15) is 32.4 Å². The van der Waals surface area contributed by atoms with E-state index in [1.54, 1.807) is 17.0 Å². The SMILES string of the molecule is Cc1csc(=NC(=O)c2ccc(F)cc2)n1Cc1ccc(C(=O)N2CCOCC2)o1. The molecule has 1 aliphatic rings. The number of aromatic nitrogens is 1. The van der Waals surface area contributed by atoms with Gasteiger partial charge in [-0.05, 0) is 43.3 Å². The minimum absolute atomic E-state index is 0.159. The van der Waals surface area contributed by atoms with Crippen molar-refractivity contribution in [2.75, 3.05) is 26.3 Å². The number of hydrogen-bond donors (Lipinski definition) is 0. The molecule has 1 fully saturated rings. The highest BCUT2D eigenvalue weighted by Crippen LogP contribution is 2.14. The Morgan fingerprint density at radius 3 is 2.60 bits per heavy atom. The fourth-order valence-electron chi connectivity index (χ4n) is 3.09. The van der Waals surface area contributed by atoms with Gasteiger partial charge in [-0.3, -0.25) is 9.59 Å². The van der Waals surface area contributed by atoms with Gasteiger partial charge in [-0.15, -0.1) is 11.3 Å². The number of benzene rings is 1. The van der Waals surface area contributed by atoms with Crippen molar-refractivity contribution in [2.45, 2.75) is 13.5 Å². The summed E-state index contributed by atoms with van der Waals surface area (Å²) in [6, 6.07) is 8.68. The third kappa shape index (κ3) is 4.42. The maximum atomic E-state index is 13.1. The van der Waals surface area contributed by atoms with Crippen molar-refractivity contribution in [1.82, 2.24) is 9.47 Å². The second-order valence-electron chi connectivity index (χ2n) is 6.84. The first-order chi connectivity index (χ1) is 14.5. The Morgan fingerprint density at radius 1 is 1.13 bits per heavy atom. The van der Waals surface area contributed by atoms with Crippen LogP contribution in [0.2, 0.25) is 0 Å². The molecule has 0 atom stereocenters. The Bertz CT molecular complexity index is 1120. The van der Waals surface area contributed by atoms with Crippen LogP contribution < -0.4 is 4.80 Å². The standard InChI is InChI=1S/C21H20FN3O4S/c1-14-13-30-21(23-19(26)15-2-4-16(22)5-3-15)25(14)12-17-6-7-18(29-17)20(27)24-8-10-28-11-9-24/h2-7,13H,8-12H2,1H3. The largest absolute Gasteiger partial charge is 0.454 e. The van der Waals surface area contributed by atoms with Crippen LogP contribution in [0.25, 0.3) is 0 Å². The number of thiazole rings is 1. The molecule has 1 saturated heterocycles. The Balaban J connectivity index is 1.54. The quantitative estimate of drug-likeness (QED) is 0.639. The van der Waals surface area contributed by atoms with E-state index in [1.165, 1.54) is 35.6 Å². The predicted molar refractivity (Wildman–Crippen MR) is 108 cm³/mol. The summed E-state index contributed by atoms with van der Waals surface area (Å²) >= 11 is 1.33. The molecule has 0 radical (unpaired) electrons. The third-order valence-corrected chi connectivity index (χ3v) is 5.75. The summed E-state index contributed by atoms with van der Waals surface area (Å²) in [6.07, 6.45) is 0. The number of halogens is 1. The van der Waals surface area contributed by atoms with E-state index in [0.717, 1.165) is 5.69 Å². The fraction of sp³-hybridized carbons (Fsp3) is 0.286. The number of carbonyl (C=O) groups excluding carboxylic acids is 2. The summed E-state index contributed by atoms with van der Waals surface area (Å²) in [5, 5.41) is 1.89. The Labute approximate surface area is 176 Å². The van der Waals surface area contributed by atoms with Gasteiger partial charge in [0, 0.05) is 29.7 Å². The van der Waals surface area contributed by atoms with Crippen LogP contribution in [-0.2, 0) is 11.3 Å². The number of ether oxygens (including phenoxy) is 1. The third-order valence-electron chi connectivity index (χ3n) is 4.76. The molecular weight excluding hydrogens is 409 g/mol. The number of furan rings is 1. The van der Waals surface area contributed by atoms with Crippen molar-refractivity contribution >= 4 is 23.2 Å². The maximum Gasteiger partial charge on any atom is 0.289 e. The van der Waals surface area contributed by atoms with Crippen LogP contribution in [0.3, 0.4) is 0 Å². The average Bonchev–Trinajstić information content (AvgIpc) is 3.37. The number of amides is 2. The lowest BCUT2D eigenvalue weighted by atomic mass is 10.2. The molecule has 156 valence electrons. The average molecular weight is 429 g/mol. The lowest BCUT2D eigenvalue weighted by Gasteiger charge is -2.25. The minimum Gasteiger partial charge on any atom is -0.454 e. The Kier molecular flexibility index (Phi) is 5.91. The molecule has 3 aromatic rings. The molecule has 2 aromatic heterocycles. The van der Waals surface area contributed by atoms with Crippen LogP contribution in [0.5, 0.6) is 0 Å². The highest BCUT2D eigenvalue weighted by molar-refractivity contribution is 7.07. The molecule has 4 rings (SSSR count). The number of morpholine rings is 1. The van der Waals surface area contributed by atoms with Gasteiger partial charge >= 0.3 is 0 Å². The number of rotatable bonds is 4. The molecule has 0 spiro atoms. The topological polar surface area (TPSA) is 77.0 Å². The van der Waals surface area contributed by atoms with E-state index in [-0.39, 0.29) is 11.7 Å². The summed E-state index contributed by atoms with van der Waals surface area (Å²) in [7, 11) is 0. The van der Waals surface area contributed by atoms with Crippen molar-refractivity contribution in [3.05, 3.63) is 75.2 Å². The number of nitrogens with zero attached hydrogens (tertiary/aromatic N) is 3. The first-order valence-corrected chi connectivity index (χ1v) is 10.3. The summed E-state index contributed by atoms with van der Waals surface area (Å²) in [5.41, 5.74) is 1.22. The van der Waals surface area contributed by atoms with Gasteiger partial charge in [0.25, 0.3) is 11.8 Å². The summed E-state index contributed by atoms with van der Waals surface area (Å²) in [6.45, 7) is 4.37. The van der Waals surface area contributed by atoms with Crippen LogP contribution >= 0.6 is 11.3 Å². The molecule has 30 heavy (non-hydrogen) atoms. The molecule has 1 aliphatic heterocycles. The molecule has 9 heteroatoms.